The summed E-state index contributed by atoms with van der Waals surface area (Å²) in [5, 5.41) is 0.232. The van der Waals surface area contributed by atoms with Gasteiger partial charge in [-0.05, 0) is 24.3 Å². The first kappa shape index (κ1) is 15.6. The zero-order valence-corrected chi connectivity index (χ0v) is 11.3. The fourth-order valence-electron chi connectivity index (χ4n) is 1.88. The molecule has 0 fully saturated rings. The molecule has 2 nitrogen and oxygen atoms in total. The number of benzene rings is 2. The number of halogens is 5. The van der Waals surface area contributed by atoms with Crippen LogP contribution < -0.4 is 10.5 Å². The van der Waals surface area contributed by atoms with Crippen molar-refractivity contribution >= 4 is 11.6 Å². The lowest BCUT2D eigenvalue weighted by Gasteiger charge is -2.18. The van der Waals surface area contributed by atoms with Crippen LogP contribution in [0.3, 0.4) is 0 Å². The lowest BCUT2D eigenvalue weighted by Crippen LogP contribution is -2.21. The van der Waals surface area contributed by atoms with Crippen LogP contribution >= 0.6 is 11.6 Å². The van der Waals surface area contributed by atoms with E-state index in [2.05, 4.69) is 4.74 Å². The molecule has 1 unspecified atom stereocenters. The third-order valence-electron chi connectivity index (χ3n) is 2.77. The summed E-state index contributed by atoms with van der Waals surface area (Å²) in [6.45, 7) is 0. The Hall–Kier alpha value is -1.79. The maximum absolute atomic E-state index is 13.8. The van der Waals surface area contributed by atoms with Gasteiger partial charge < -0.3 is 10.5 Å². The molecule has 0 spiro atoms. The highest BCUT2D eigenvalue weighted by Gasteiger charge is 2.33. The summed E-state index contributed by atoms with van der Waals surface area (Å²) in [5.74, 6) is -1.13. The highest BCUT2D eigenvalue weighted by atomic mass is 35.5. The van der Waals surface area contributed by atoms with E-state index in [0.29, 0.717) is 0 Å². The number of hydrogen-bond acceptors (Lipinski definition) is 2. The number of ether oxygens (including phenoxy) is 1. The summed E-state index contributed by atoms with van der Waals surface area (Å²) in [6.07, 6.45) is -4.86. The van der Waals surface area contributed by atoms with Gasteiger partial charge in [-0.25, -0.2) is 4.39 Å². The Morgan fingerprint density at radius 2 is 1.71 bits per heavy atom. The first-order valence-corrected chi connectivity index (χ1v) is 6.21. The molecule has 1 atom stereocenters. The fourth-order valence-corrected chi connectivity index (χ4v) is 2.06. The van der Waals surface area contributed by atoms with Crippen molar-refractivity contribution in [2.45, 2.75) is 12.4 Å². The van der Waals surface area contributed by atoms with E-state index in [0.717, 1.165) is 12.1 Å². The SMILES string of the molecule is NC(c1cc(Cl)ccc1F)c1ccccc1OC(F)(F)F. The van der Waals surface area contributed by atoms with Gasteiger partial charge in [-0.15, -0.1) is 13.2 Å². The van der Waals surface area contributed by atoms with E-state index in [4.69, 9.17) is 17.3 Å². The van der Waals surface area contributed by atoms with E-state index in [1.54, 1.807) is 0 Å². The predicted octanol–water partition coefficient (Wildman–Crippen LogP) is 4.43. The molecule has 0 saturated carbocycles. The van der Waals surface area contributed by atoms with Gasteiger partial charge in [0, 0.05) is 16.1 Å². The lowest BCUT2D eigenvalue weighted by molar-refractivity contribution is -0.274. The van der Waals surface area contributed by atoms with Crippen molar-refractivity contribution in [1.29, 1.82) is 0 Å². The first-order chi connectivity index (χ1) is 9.78. The smallest absolute Gasteiger partial charge is 0.405 e. The Morgan fingerprint density at radius 3 is 2.38 bits per heavy atom. The number of para-hydroxylation sites is 1. The average molecular weight is 320 g/mol. The van der Waals surface area contributed by atoms with Crippen LogP contribution in [-0.4, -0.2) is 6.36 Å². The second kappa shape index (κ2) is 5.91. The Labute approximate surface area is 123 Å². The molecule has 21 heavy (non-hydrogen) atoms. The minimum absolute atomic E-state index is 0.0102. The second-order valence-electron chi connectivity index (χ2n) is 4.23. The normalized spacial score (nSPS) is 13.0. The number of nitrogens with two attached hydrogens (primary N) is 1. The molecule has 2 N–H and O–H groups in total. The number of hydrogen-bond donors (Lipinski definition) is 1. The first-order valence-electron chi connectivity index (χ1n) is 5.83. The molecule has 0 saturated heterocycles. The molecule has 0 aromatic heterocycles. The largest absolute Gasteiger partial charge is 0.573 e. The number of rotatable bonds is 3. The Bertz CT molecular complexity index is 645. The minimum Gasteiger partial charge on any atom is -0.405 e. The molecule has 2 aromatic carbocycles. The van der Waals surface area contributed by atoms with Crippen molar-refractivity contribution < 1.29 is 22.3 Å². The van der Waals surface area contributed by atoms with Crippen molar-refractivity contribution in [2.24, 2.45) is 5.73 Å². The summed E-state index contributed by atoms with van der Waals surface area (Å²) in [6, 6.07) is 7.87. The summed E-state index contributed by atoms with van der Waals surface area (Å²) >= 11 is 5.76. The summed E-state index contributed by atoms with van der Waals surface area (Å²) in [7, 11) is 0. The third-order valence-corrected chi connectivity index (χ3v) is 3.01. The van der Waals surface area contributed by atoms with E-state index in [-0.39, 0.29) is 16.1 Å². The van der Waals surface area contributed by atoms with E-state index >= 15 is 0 Å². The molecule has 2 aromatic rings. The van der Waals surface area contributed by atoms with Crippen LogP contribution in [-0.2, 0) is 0 Å². The van der Waals surface area contributed by atoms with Crippen LogP contribution in [0.4, 0.5) is 17.6 Å². The molecule has 0 bridgehead atoms. The van der Waals surface area contributed by atoms with Crippen molar-refractivity contribution in [3.05, 3.63) is 64.4 Å². The van der Waals surface area contributed by atoms with Crippen LogP contribution in [0.25, 0.3) is 0 Å². The van der Waals surface area contributed by atoms with Gasteiger partial charge in [0.2, 0.25) is 0 Å². The molecule has 0 amide bonds. The molecule has 0 radical (unpaired) electrons. The predicted molar refractivity (Wildman–Crippen MR) is 70.6 cm³/mol. The molecule has 7 heteroatoms. The molecule has 0 aliphatic carbocycles. The van der Waals surface area contributed by atoms with Crippen LogP contribution in [0.5, 0.6) is 5.75 Å². The van der Waals surface area contributed by atoms with Gasteiger partial charge >= 0.3 is 6.36 Å². The molecule has 0 aliphatic heterocycles. The van der Waals surface area contributed by atoms with E-state index in [9.17, 15) is 17.6 Å². The molecule has 2 rings (SSSR count). The van der Waals surface area contributed by atoms with Gasteiger partial charge in [-0.1, -0.05) is 29.8 Å². The topological polar surface area (TPSA) is 35.2 Å². The maximum Gasteiger partial charge on any atom is 0.573 e. The van der Waals surface area contributed by atoms with Gasteiger partial charge in [0.25, 0.3) is 0 Å². The average Bonchev–Trinajstić information content (AvgIpc) is 2.39. The van der Waals surface area contributed by atoms with Crippen LogP contribution in [0.1, 0.15) is 17.2 Å². The summed E-state index contributed by atoms with van der Waals surface area (Å²) in [4.78, 5) is 0. The summed E-state index contributed by atoms with van der Waals surface area (Å²) < 4.78 is 54.8. The van der Waals surface area contributed by atoms with E-state index in [1.807, 2.05) is 0 Å². The Kier molecular flexibility index (Phi) is 4.39. The zero-order valence-electron chi connectivity index (χ0n) is 10.5. The molecular weight excluding hydrogens is 310 g/mol. The molecule has 0 aliphatic rings. The molecular formula is C14H10ClF4NO. The van der Waals surface area contributed by atoms with Gasteiger partial charge in [0.15, 0.2) is 0 Å². The molecule has 0 heterocycles. The fraction of sp³-hybridized carbons (Fsp3) is 0.143. The maximum atomic E-state index is 13.8. The van der Waals surface area contributed by atoms with Gasteiger partial charge in [0.1, 0.15) is 11.6 Å². The third kappa shape index (κ3) is 3.86. The van der Waals surface area contributed by atoms with Gasteiger partial charge in [-0.3, -0.25) is 0 Å². The minimum atomic E-state index is -4.86. The van der Waals surface area contributed by atoms with Gasteiger partial charge in [0.05, 0.1) is 6.04 Å². The van der Waals surface area contributed by atoms with E-state index in [1.165, 1.54) is 30.3 Å². The quantitative estimate of drug-likeness (QED) is 0.850. The van der Waals surface area contributed by atoms with Crippen LogP contribution in [0.15, 0.2) is 42.5 Å². The van der Waals surface area contributed by atoms with Crippen molar-refractivity contribution in [3.8, 4) is 5.75 Å². The van der Waals surface area contributed by atoms with Gasteiger partial charge in [-0.2, -0.15) is 0 Å². The highest BCUT2D eigenvalue weighted by molar-refractivity contribution is 6.30. The van der Waals surface area contributed by atoms with Crippen molar-refractivity contribution in [2.75, 3.05) is 0 Å². The Morgan fingerprint density at radius 1 is 1.05 bits per heavy atom. The van der Waals surface area contributed by atoms with Crippen LogP contribution in [0.2, 0.25) is 5.02 Å². The number of alkyl halides is 3. The van der Waals surface area contributed by atoms with Crippen molar-refractivity contribution in [1.82, 2.24) is 0 Å². The second-order valence-corrected chi connectivity index (χ2v) is 4.67. The van der Waals surface area contributed by atoms with Crippen molar-refractivity contribution in [3.63, 3.8) is 0 Å². The highest BCUT2D eigenvalue weighted by Crippen LogP contribution is 2.33. The monoisotopic (exact) mass is 319 g/mol. The zero-order chi connectivity index (χ0) is 15.6. The standard InChI is InChI=1S/C14H10ClF4NO/c15-8-5-6-11(16)10(7-8)13(20)9-3-1-2-4-12(9)21-14(17,18)19/h1-7,13H,20H2. The van der Waals surface area contributed by atoms with E-state index < -0.39 is 24.0 Å². The van der Waals surface area contributed by atoms with Crippen LogP contribution in [0, 0.1) is 5.82 Å². The Balaban J connectivity index is 2.44. The lowest BCUT2D eigenvalue weighted by atomic mass is 9.98. The molecule has 112 valence electrons. The summed E-state index contributed by atoms with van der Waals surface area (Å²) in [5.41, 5.74) is 5.86.